The molecule has 0 atom stereocenters. The third kappa shape index (κ3) is 4.91. The van der Waals surface area contributed by atoms with E-state index in [1.54, 1.807) is 55.5 Å². The van der Waals surface area contributed by atoms with Crippen molar-refractivity contribution >= 4 is 11.9 Å². The van der Waals surface area contributed by atoms with Crippen LogP contribution < -0.4 is 10.5 Å². The maximum Gasteiger partial charge on any atom is 0.338 e. The van der Waals surface area contributed by atoms with Gasteiger partial charge in [-0.1, -0.05) is 17.3 Å². The molecule has 1 heterocycles. The number of amides is 1. The molecular formula is C19H17N3O5. The van der Waals surface area contributed by atoms with Crippen molar-refractivity contribution in [1.29, 1.82) is 0 Å². The Hall–Kier alpha value is -3.68. The number of hydrogen-bond donors (Lipinski definition) is 1. The van der Waals surface area contributed by atoms with Gasteiger partial charge in [-0.15, -0.1) is 0 Å². The number of benzene rings is 2. The first-order valence-corrected chi connectivity index (χ1v) is 8.09. The first-order valence-electron chi connectivity index (χ1n) is 8.09. The van der Waals surface area contributed by atoms with Gasteiger partial charge in [-0.3, -0.25) is 4.79 Å². The molecule has 1 aromatic heterocycles. The average Bonchev–Trinajstić information content (AvgIpc) is 3.10. The quantitative estimate of drug-likeness (QED) is 0.637. The molecule has 2 N–H and O–H groups in total. The van der Waals surface area contributed by atoms with Gasteiger partial charge in [0, 0.05) is 12.5 Å². The van der Waals surface area contributed by atoms with Crippen LogP contribution in [-0.4, -0.2) is 22.0 Å². The van der Waals surface area contributed by atoms with Gasteiger partial charge in [0.15, 0.2) is 6.61 Å². The van der Waals surface area contributed by atoms with Crippen LogP contribution in [0.25, 0.3) is 0 Å². The van der Waals surface area contributed by atoms with E-state index in [1.165, 1.54) is 0 Å². The summed E-state index contributed by atoms with van der Waals surface area (Å²) in [5.41, 5.74) is 6.65. The first-order chi connectivity index (χ1) is 13.0. The van der Waals surface area contributed by atoms with Crippen molar-refractivity contribution in [2.24, 2.45) is 5.73 Å². The Morgan fingerprint density at radius 3 is 2.52 bits per heavy atom. The van der Waals surface area contributed by atoms with Gasteiger partial charge in [0.25, 0.3) is 0 Å². The molecule has 0 aliphatic heterocycles. The van der Waals surface area contributed by atoms with E-state index in [2.05, 4.69) is 10.1 Å². The highest BCUT2D eigenvalue weighted by Gasteiger charge is 2.09. The third-order valence-corrected chi connectivity index (χ3v) is 3.61. The number of ether oxygens (including phenoxy) is 2. The lowest BCUT2D eigenvalue weighted by Crippen LogP contribution is -2.11. The fraction of sp³-hybridized carbons (Fsp3) is 0.158. The third-order valence-electron chi connectivity index (χ3n) is 3.61. The minimum absolute atomic E-state index is 0.0371. The summed E-state index contributed by atoms with van der Waals surface area (Å²) < 4.78 is 15.6. The van der Waals surface area contributed by atoms with E-state index >= 15 is 0 Å². The van der Waals surface area contributed by atoms with Crippen LogP contribution in [-0.2, 0) is 18.0 Å². The van der Waals surface area contributed by atoms with Crippen LogP contribution in [0.3, 0.4) is 0 Å². The highest BCUT2D eigenvalue weighted by molar-refractivity contribution is 5.93. The lowest BCUT2D eigenvalue weighted by atomic mass is 10.1. The molecule has 0 saturated heterocycles. The van der Waals surface area contributed by atoms with E-state index in [0.717, 1.165) is 0 Å². The molecule has 0 radical (unpaired) electrons. The molecule has 138 valence electrons. The van der Waals surface area contributed by atoms with Gasteiger partial charge in [0.2, 0.25) is 17.6 Å². The summed E-state index contributed by atoms with van der Waals surface area (Å²) in [7, 11) is 0. The largest absolute Gasteiger partial charge is 0.485 e. The standard InChI is InChI=1S/C19H17N3O5/c1-12-21-17(22-27-12)11-25-16-7-5-14(6-8-16)19(24)26-10-13-3-2-4-15(9-13)18(20)23/h2-9H,10-11H2,1H3,(H2,20,23). The maximum absolute atomic E-state index is 12.1. The SMILES string of the molecule is Cc1nc(COc2ccc(C(=O)OCc3cccc(C(N)=O)c3)cc2)no1. The van der Waals surface area contributed by atoms with Gasteiger partial charge in [0.1, 0.15) is 12.4 Å². The number of primary amides is 1. The molecule has 1 amide bonds. The molecule has 0 spiro atoms. The number of carbonyl (C=O) groups excluding carboxylic acids is 2. The molecule has 2 aromatic carbocycles. The zero-order valence-electron chi connectivity index (χ0n) is 14.5. The Labute approximate surface area is 154 Å². The second-order valence-electron chi connectivity index (χ2n) is 5.68. The molecule has 0 unspecified atom stereocenters. The highest BCUT2D eigenvalue weighted by atomic mass is 16.5. The summed E-state index contributed by atoms with van der Waals surface area (Å²) in [6.45, 7) is 1.90. The fourth-order valence-corrected chi connectivity index (χ4v) is 2.28. The number of esters is 1. The lowest BCUT2D eigenvalue weighted by Gasteiger charge is -2.07. The van der Waals surface area contributed by atoms with Crippen LogP contribution >= 0.6 is 0 Å². The average molecular weight is 367 g/mol. The summed E-state index contributed by atoms with van der Waals surface area (Å²) >= 11 is 0. The van der Waals surface area contributed by atoms with Gasteiger partial charge >= 0.3 is 5.97 Å². The minimum Gasteiger partial charge on any atom is -0.485 e. The van der Waals surface area contributed by atoms with Gasteiger partial charge in [-0.2, -0.15) is 4.98 Å². The number of hydrogen-bond acceptors (Lipinski definition) is 7. The summed E-state index contributed by atoms with van der Waals surface area (Å²) in [4.78, 5) is 27.4. The molecule has 0 aliphatic rings. The molecule has 8 heteroatoms. The summed E-state index contributed by atoms with van der Waals surface area (Å²) in [6, 6.07) is 13.1. The van der Waals surface area contributed by atoms with Crippen LogP contribution in [0.4, 0.5) is 0 Å². The van der Waals surface area contributed by atoms with Gasteiger partial charge < -0.3 is 19.7 Å². The first kappa shape index (κ1) is 18.1. The number of rotatable bonds is 7. The van der Waals surface area contributed by atoms with Gasteiger partial charge in [-0.05, 0) is 42.0 Å². The fourth-order valence-electron chi connectivity index (χ4n) is 2.28. The number of carbonyl (C=O) groups is 2. The predicted octanol–water partition coefficient (Wildman–Crippen LogP) is 2.41. The highest BCUT2D eigenvalue weighted by Crippen LogP contribution is 2.15. The molecule has 8 nitrogen and oxygen atoms in total. The van der Waals surface area contributed by atoms with Crippen LogP contribution in [0, 0.1) is 6.92 Å². The Kier molecular flexibility index (Phi) is 5.46. The topological polar surface area (TPSA) is 118 Å². The maximum atomic E-state index is 12.1. The molecule has 3 rings (SSSR count). The number of aryl methyl sites for hydroxylation is 1. The Morgan fingerprint density at radius 1 is 1.07 bits per heavy atom. The van der Waals surface area contributed by atoms with Crippen molar-refractivity contribution in [2.45, 2.75) is 20.1 Å². The Morgan fingerprint density at radius 2 is 1.85 bits per heavy atom. The van der Waals surface area contributed by atoms with E-state index < -0.39 is 11.9 Å². The van der Waals surface area contributed by atoms with Crippen molar-refractivity contribution < 1.29 is 23.6 Å². The molecule has 0 bridgehead atoms. The normalized spacial score (nSPS) is 10.4. The van der Waals surface area contributed by atoms with Gasteiger partial charge in [0.05, 0.1) is 5.56 Å². The summed E-state index contributed by atoms with van der Waals surface area (Å²) in [6.07, 6.45) is 0. The van der Waals surface area contributed by atoms with Crippen molar-refractivity contribution in [1.82, 2.24) is 10.1 Å². The van der Waals surface area contributed by atoms with Crippen LogP contribution in [0.2, 0.25) is 0 Å². The minimum atomic E-state index is -0.533. The van der Waals surface area contributed by atoms with E-state index in [1.807, 2.05) is 0 Å². The van der Waals surface area contributed by atoms with E-state index in [4.69, 9.17) is 19.7 Å². The molecule has 3 aromatic rings. The second kappa shape index (κ2) is 8.13. The zero-order chi connectivity index (χ0) is 19.2. The van der Waals surface area contributed by atoms with Gasteiger partial charge in [-0.25, -0.2) is 4.79 Å². The van der Waals surface area contributed by atoms with Crippen molar-refractivity contribution in [3.8, 4) is 5.75 Å². The van der Waals surface area contributed by atoms with E-state index in [-0.39, 0.29) is 13.2 Å². The Bertz CT molecular complexity index is 950. The lowest BCUT2D eigenvalue weighted by molar-refractivity contribution is 0.0472. The van der Waals surface area contributed by atoms with E-state index in [0.29, 0.717) is 34.2 Å². The molecule has 0 aliphatic carbocycles. The van der Waals surface area contributed by atoms with Crippen LogP contribution in [0.15, 0.2) is 53.1 Å². The number of nitrogens with two attached hydrogens (primary N) is 1. The summed E-state index contributed by atoms with van der Waals surface area (Å²) in [5, 5.41) is 3.73. The smallest absolute Gasteiger partial charge is 0.338 e. The van der Waals surface area contributed by atoms with Crippen molar-refractivity contribution in [3.05, 3.63) is 76.9 Å². The van der Waals surface area contributed by atoms with Crippen LogP contribution in [0.5, 0.6) is 5.75 Å². The van der Waals surface area contributed by atoms with Crippen LogP contribution in [0.1, 0.15) is 38.0 Å². The Balaban J connectivity index is 1.54. The monoisotopic (exact) mass is 367 g/mol. The molecule has 0 saturated carbocycles. The number of nitrogens with zero attached hydrogens (tertiary/aromatic N) is 2. The second-order valence-corrected chi connectivity index (χ2v) is 5.68. The predicted molar refractivity (Wildman–Crippen MR) is 93.9 cm³/mol. The molecular weight excluding hydrogens is 350 g/mol. The van der Waals surface area contributed by atoms with Crippen molar-refractivity contribution in [3.63, 3.8) is 0 Å². The number of aromatic nitrogens is 2. The zero-order valence-corrected chi connectivity index (χ0v) is 14.5. The summed E-state index contributed by atoms with van der Waals surface area (Å²) in [5.74, 6) is 0.444. The molecule has 0 fully saturated rings. The van der Waals surface area contributed by atoms with Crippen molar-refractivity contribution in [2.75, 3.05) is 0 Å². The molecule has 27 heavy (non-hydrogen) atoms. The van der Waals surface area contributed by atoms with E-state index in [9.17, 15) is 9.59 Å².